The van der Waals surface area contributed by atoms with Gasteiger partial charge in [-0.25, -0.2) is 0 Å². The zero-order chi connectivity index (χ0) is 13.9. The van der Waals surface area contributed by atoms with Crippen LogP contribution in [0.4, 0.5) is 0 Å². The molecule has 102 valence electrons. The third-order valence-corrected chi connectivity index (χ3v) is 3.83. The van der Waals surface area contributed by atoms with Crippen molar-refractivity contribution < 1.29 is 14.7 Å². The molecule has 1 aromatic rings. The fourth-order valence-corrected chi connectivity index (χ4v) is 2.36. The minimum Gasteiger partial charge on any atom is -0.480 e. The molecule has 1 aliphatic rings. The second-order valence-electron chi connectivity index (χ2n) is 5.08. The normalized spacial score (nSPS) is 16.5. The van der Waals surface area contributed by atoms with E-state index in [1.165, 1.54) is 4.90 Å². The SMILES string of the molecule is CN(CCc1cccnc1)C(=O)C1(C(=O)O)CCC1. The van der Waals surface area contributed by atoms with Crippen LogP contribution in [0.2, 0.25) is 0 Å². The Morgan fingerprint density at radius 2 is 2.21 bits per heavy atom. The lowest BCUT2D eigenvalue weighted by molar-refractivity contribution is -0.166. The molecule has 5 heteroatoms. The van der Waals surface area contributed by atoms with Gasteiger partial charge in [-0.05, 0) is 30.9 Å². The van der Waals surface area contributed by atoms with E-state index in [-0.39, 0.29) is 5.91 Å². The number of carboxylic acids is 1. The fourth-order valence-electron chi connectivity index (χ4n) is 2.36. The smallest absolute Gasteiger partial charge is 0.319 e. The van der Waals surface area contributed by atoms with Crippen molar-refractivity contribution in [2.75, 3.05) is 13.6 Å². The summed E-state index contributed by atoms with van der Waals surface area (Å²) in [4.78, 5) is 29.0. The first kappa shape index (κ1) is 13.5. The standard InChI is InChI=1S/C14H18N2O3/c1-16(9-5-11-4-2-8-15-10-11)12(17)14(13(18)19)6-3-7-14/h2,4,8,10H,3,5-7,9H2,1H3,(H,18,19). The first-order chi connectivity index (χ1) is 9.06. The largest absolute Gasteiger partial charge is 0.480 e. The van der Waals surface area contributed by atoms with E-state index in [1.54, 1.807) is 19.4 Å². The van der Waals surface area contributed by atoms with Gasteiger partial charge < -0.3 is 10.0 Å². The van der Waals surface area contributed by atoms with Crippen LogP contribution in [-0.4, -0.2) is 40.5 Å². The summed E-state index contributed by atoms with van der Waals surface area (Å²) >= 11 is 0. The van der Waals surface area contributed by atoms with E-state index < -0.39 is 11.4 Å². The van der Waals surface area contributed by atoms with E-state index in [4.69, 9.17) is 0 Å². The molecule has 1 amide bonds. The van der Waals surface area contributed by atoms with Crippen LogP contribution in [0.1, 0.15) is 24.8 Å². The Hall–Kier alpha value is -1.91. The average molecular weight is 262 g/mol. The van der Waals surface area contributed by atoms with Gasteiger partial charge in [0, 0.05) is 26.0 Å². The van der Waals surface area contributed by atoms with Gasteiger partial charge in [-0.1, -0.05) is 12.5 Å². The number of carbonyl (C=O) groups is 2. The number of rotatable bonds is 5. The van der Waals surface area contributed by atoms with Crippen molar-refractivity contribution in [3.05, 3.63) is 30.1 Å². The van der Waals surface area contributed by atoms with Crippen molar-refractivity contribution in [3.63, 3.8) is 0 Å². The number of hydrogen-bond acceptors (Lipinski definition) is 3. The maximum atomic E-state index is 12.2. The molecular formula is C14H18N2O3. The number of pyridine rings is 1. The van der Waals surface area contributed by atoms with E-state index in [0.29, 0.717) is 25.8 Å². The highest BCUT2D eigenvalue weighted by Crippen LogP contribution is 2.42. The molecule has 5 nitrogen and oxygen atoms in total. The molecule has 0 bridgehead atoms. The van der Waals surface area contributed by atoms with Crippen molar-refractivity contribution >= 4 is 11.9 Å². The van der Waals surface area contributed by atoms with Gasteiger partial charge in [0.1, 0.15) is 5.41 Å². The van der Waals surface area contributed by atoms with Gasteiger partial charge >= 0.3 is 5.97 Å². The number of aliphatic carboxylic acids is 1. The predicted molar refractivity (Wildman–Crippen MR) is 69.5 cm³/mol. The number of carboxylic acid groups (broad SMARTS) is 1. The summed E-state index contributed by atoms with van der Waals surface area (Å²) in [6.07, 6.45) is 5.87. The van der Waals surface area contributed by atoms with Crippen LogP contribution in [-0.2, 0) is 16.0 Å². The van der Waals surface area contributed by atoms with Crippen molar-refractivity contribution in [2.24, 2.45) is 5.41 Å². The lowest BCUT2D eigenvalue weighted by atomic mass is 9.68. The van der Waals surface area contributed by atoms with Gasteiger partial charge in [-0.3, -0.25) is 14.6 Å². The van der Waals surface area contributed by atoms with Crippen LogP contribution in [0.3, 0.4) is 0 Å². The summed E-state index contributed by atoms with van der Waals surface area (Å²) in [7, 11) is 1.67. The van der Waals surface area contributed by atoms with Gasteiger partial charge in [0.2, 0.25) is 5.91 Å². The van der Waals surface area contributed by atoms with Crippen LogP contribution in [0.15, 0.2) is 24.5 Å². The lowest BCUT2D eigenvalue weighted by Crippen LogP contribution is -2.51. The molecular weight excluding hydrogens is 244 g/mol. The Labute approximate surface area is 112 Å². The highest BCUT2D eigenvalue weighted by molar-refractivity contribution is 6.02. The Morgan fingerprint density at radius 3 is 2.68 bits per heavy atom. The van der Waals surface area contributed by atoms with E-state index >= 15 is 0 Å². The monoisotopic (exact) mass is 262 g/mol. The Morgan fingerprint density at radius 1 is 1.47 bits per heavy atom. The van der Waals surface area contributed by atoms with E-state index in [9.17, 15) is 14.7 Å². The van der Waals surface area contributed by atoms with Crippen molar-refractivity contribution in [1.29, 1.82) is 0 Å². The van der Waals surface area contributed by atoms with Gasteiger partial charge in [-0.15, -0.1) is 0 Å². The maximum Gasteiger partial charge on any atom is 0.319 e. The molecule has 0 radical (unpaired) electrons. The lowest BCUT2D eigenvalue weighted by Gasteiger charge is -2.38. The van der Waals surface area contributed by atoms with Crippen molar-refractivity contribution in [2.45, 2.75) is 25.7 Å². The molecule has 1 N–H and O–H groups in total. The third-order valence-electron chi connectivity index (χ3n) is 3.83. The number of likely N-dealkylation sites (N-methyl/N-ethyl adjacent to an activating group) is 1. The second kappa shape index (κ2) is 5.38. The number of aromatic nitrogens is 1. The summed E-state index contributed by atoms with van der Waals surface area (Å²) in [5.74, 6) is -1.26. The Balaban J connectivity index is 1.94. The minimum absolute atomic E-state index is 0.268. The van der Waals surface area contributed by atoms with Gasteiger partial charge in [0.05, 0.1) is 0 Å². The average Bonchev–Trinajstić information content (AvgIpc) is 2.35. The van der Waals surface area contributed by atoms with Crippen molar-refractivity contribution in [1.82, 2.24) is 9.88 Å². The third kappa shape index (κ3) is 2.59. The first-order valence-corrected chi connectivity index (χ1v) is 6.44. The molecule has 1 heterocycles. The van der Waals surface area contributed by atoms with Gasteiger partial charge in [-0.2, -0.15) is 0 Å². The molecule has 19 heavy (non-hydrogen) atoms. The summed E-state index contributed by atoms with van der Waals surface area (Å²) in [5, 5.41) is 9.23. The van der Waals surface area contributed by atoms with Crippen LogP contribution in [0.25, 0.3) is 0 Å². The molecule has 0 aromatic carbocycles. The Bertz CT molecular complexity index is 469. The van der Waals surface area contributed by atoms with E-state index in [0.717, 1.165) is 12.0 Å². The molecule has 0 spiro atoms. The summed E-state index contributed by atoms with van der Waals surface area (Å²) in [6, 6.07) is 3.80. The zero-order valence-corrected chi connectivity index (χ0v) is 11.0. The molecule has 2 rings (SSSR count). The molecule has 1 aliphatic carbocycles. The van der Waals surface area contributed by atoms with Gasteiger partial charge in [0.15, 0.2) is 0 Å². The summed E-state index contributed by atoms with van der Waals surface area (Å²) in [6.45, 7) is 0.513. The number of amides is 1. The molecule has 0 aliphatic heterocycles. The summed E-state index contributed by atoms with van der Waals surface area (Å²) < 4.78 is 0. The van der Waals surface area contributed by atoms with Crippen LogP contribution >= 0.6 is 0 Å². The topological polar surface area (TPSA) is 70.5 Å². The number of carbonyl (C=O) groups excluding carboxylic acids is 1. The molecule has 0 saturated heterocycles. The number of hydrogen-bond donors (Lipinski definition) is 1. The van der Waals surface area contributed by atoms with Crippen molar-refractivity contribution in [3.8, 4) is 0 Å². The zero-order valence-electron chi connectivity index (χ0n) is 11.0. The second-order valence-corrected chi connectivity index (χ2v) is 5.08. The molecule has 1 fully saturated rings. The fraction of sp³-hybridized carbons (Fsp3) is 0.500. The minimum atomic E-state index is -1.16. The molecule has 1 aromatic heterocycles. The predicted octanol–water partition coefficient (Wildman–Crippen LogP) is 1.34. The molecule has 0 atom stereocenters. The van der Waals surface area contributed by atoms with Crippen LogP contribution in [0, 0.1) is 5.41 Å². The highest BCUT2D eigenvalue weighted by atomic mass is 16.4. The first-order valence-electron chi connectivity index (χ1n) is 6.44. The molecule has 1 saturated carbocycles. The Kier molecular flexibility index (Phi) is 3.83. The number of nitrogens with zero attached hydrogens (tertiary/aromatic N) is 2. The molecule has 0 unspecified atom stereocenters. The van der Waals surface area contributed by atoms with E-state index in [1.807, 2.05) is 12.1 Å². The van der Waals surface area contributed by atoms with Gasteiger partial charge in [0.25, 0.3) is 0 Å². The summed E-state index contributed by atoms with van der Waals surface area (Å²) in [5.41, 5.74) is -0.121. The highest BCUT2D eigenvalue weighted by Gasteiger charge is 2.52. The maximum absolute atomic E-state index is 12.2. The van der Waals surface area contributed by atoms with E-state index in [2.05, 4.69) is 4.98 Å². The van der Waals surface area contributed by atoms with Crippen LogP contribution < -0.4 is 0 Å². The van der Waals surface area contributed by atoms with Crippen LogP contribution in [0.5, 0.6) is 0 Å². The quantitative estimate of drug-likeness (QED) is 0.813.